The molecule has 0 aromatic heterocycles. The number of rotatable bonds is 25. The lowest BCUT2D eigenvalue weighted by molar-refractivity contribution is 0.121. The van der Waals surface area contributed by atoms with Gasteiger partial charge in [-0.3, -0.25) is 0 Å². The summed E-state index contributed by atoms with van der Waals surface area (Å²) >= 11 is 0. The van der Waals surface area contributed by atoms with Crippen LogP contribution < -0.4 is 33.2 Å². The summed E-state index contributed by atoms with van der Waals surface area (Å²) in [6, 6.07) is 64.4. The van der Waals surface area contributed by atoms with E-state index in [2.05, 4.69) is 135 Å². The molecule has 92 heavy (non-hydrogen) atoms. The van der Waals surface area contributed by atoms with E-state index in [-0.39, 0.29) is 16.2 Å². The Balaban J connectivity index is 0.000000273. The third-order valence-corrected chi connectivity index (χ3v) is 28.2. The summed E-state index contributed by atoms with van der Waals surface area (Å²) in [4.78, 5) is 36.5. The second kappa shape index (κ2) is 31.4. The third kappa shape index (κ3) is 20.4. The molecule has 0 aliphatic rings. The predicted molar refractivity (Wildman–Crippen MR) is 373 cm³/mol. The summed E-state index contributed by atoms with van der Waals surface area (Å²) in [5.41, 5.74) is 9.53. The number of hydrogen-bond donors (Lipinski definition) is 0. The van der Waals surface area contributed by atoms with E-state index in [0.717, 1.165) is 76.9 Å². The van der Waals surface area contributed by atoms with E-state index in [0.29, 0.717) is 34.5 Å². The monoisotopic (exact) mass is 1300 g/mol. The Kier molecular flexibility index (Phi) is 24.3. The summed E-state index contributed by atoms with van der Waals surface area (Å²) in [5.74, 6) is 3.36. The zero-order valence-corrected chi connectivity index (χ0v) is 59.5. The first-order valence-corrected chi connectivity index (χ1v) is 40.4. The topological polar surface area (TPSA) is 144 Å². The summed E-state index contributed by atoms with van der Waals surface area (Å²) in [6.45, 7) is 28.5. The van der Waals surface area contributed by atoms with Crippen LogP contribution in [0.3, 0.4) is 0 Å². The smallest absolute Gasteiger partial charge is 0.496 e. The summed E-state index contributed by atoms with van der Waals surface area (Å²) < 4.78 is 56.3. The van der Waals surface area contributed by atoms with Crippen molar-refractivity contribution in [3.05, 3.63) is 244 Å². The standard InChI is InChI=1S/C43H60O7Si3.C33H32O6/c1-33-21-22-34(31-40(33)45-4)17-15-29-51(6,7)49-53(10,11)50-52(8,9)30-16-18-35-23-28-39(41(32-35)46-5)48-42(44)47-38-26-24-37(25-27-38)43(2,3)36-19-13-12-14-20-36;1-32(2,23-9-7-6-8-10-23)24-13-19-28(20-14-24)38-31(35)39-29-21-15-26(16-22-29)33(3,4)25-11-17-27(18-12-25)37-30(34)36-5/h12-14,19-28,31-32H,15-18,29-30H2,1-11H3;6-22H,1-5H3. The van der Waals surface area contributed by atoms with Crippen LogP contribution in [0.1, 0.15) is 104 Å². The van der Waals surface area contributed by atoms with E-state index in [1.807, 2.05) is 97.1 Å². The number of carbonyl (C=O) groups excluding carboxylic acids is 3. The lowest BCUT2D eigenvalue weighted by Crippen LogP contribution is -2.52. The van der Waals surface area contributed by atoms with Gasteiger partial charge in [-0.25, -0.2) is 14.4 Å². The SMILES string of the molecule is COC(=O)Oc1ccc(C(C)(C)c2ccc(OC(=O)Oc3ccc(C(C)(C)c4ccccc4)cc3)cc2)cc1.COc1cc(CCC[Si](C)(C)O[Si](C)(C)O[Si](C)(C)CCCc2ccc(OC(=O)Oc3ccc(C(C)(C)c4ccccc4)cc3)c(OC)c2)ccc1C. The number of hydrogen-bond acceptors (Lipinski definition) is 13. The zero-order valence-electron chi connectivity index (χ0n) is 56.5. The van der Waals surface area contributed by atoms with Gasteiger partial charge in [0.25, 0.3) is 0 Å². The van der Waals surface area contributed by atoms with Crippen LogP contribution in [0.4, 0.5) is 14.4 Å². The Bertz CT molecular complexity index is 3680. The molecule has 0 unspecified atom stereocenters. The quantitative estimate of drug-likeness (QED) is 0.0304. The lowest BCUT2D eigenvalue weighted by atomic mass is 9.78. The molecule has 0 radical (unpaired) electrons. The van der Waals surface area contributed by atoms with E-state index in [1.54, 1.807) is 68.8 Å². The Morgan fingerprint density at radius 3 is 1.02 bits per heavy atom. The van der Waals surface area contributed by atoms with Crippen molar-refractivity contribution in [3.63, 3.8) is 0 Å². The molecular formula is C76H92O13Si3. The van der Waals surface area contributed by atoms with E-state index >= 15 is 0 Å². The highest BCUT2D eigenvalue weighted by Crippen LogP contribution is 2.37. The minimum Gasteiger partial charge on any atom is -0.496 e. The van der Waals surface area contributed by atoms with E-state index in [1.165, 1.54) is 23.8 Å². The highest BCUT2D eigenvalue weighted by Gasteiger charge is 2.39. The summed E-state index contributed by atoms with van der Waals surface area (Å²) in [7, 11) is -1.66. The van der Waals surface area contributed by atoms with Crippen molar-refractivity contribution in [2.24, 2.45) is 0 Å². The van der Waals surface area contributed by atoms with Crippen LogP contribution in [-0.2, 0) is 42.1 Å². The first kappa shape index (κ1) is 71.2. The minimum atomic E-state index is -2.32. The number of benzene rings is 8. The van der Waals surface area contributed by atoms with Gasteiger partial charge in [-0.05, 0) is 201 Å². The molecule has 13 nitrogen and oxygen atoms in total. The van der Waals surface area contributed by atoms with Gasteiger partial charge in [0.1, 0.15) is 28.7 Å². The fourth-order valence-electron chi connectivity index (χ4n) is 11.4. The molecule has 0 fully saturated rings. The van der Waals surface area contributed by atoms with Crippen molar-refractivity contribution in [1.29, 1.82) is 0 Å². The molecule has 0 saturated carbocycles. The fraction of sp³-hybridized carbons (Fsp3) is 0.329. The number of methoxy groups -OCH3 is 3. The van der Waals surface area contributed by atoms with Crippen LogP contribution in [-0.4, -0.2) is 65.0 Å². The van der Waals surface area contributed by atoms with Gasteiger partial charge in [-0.1, -0.05) is 169 Å². The Morgan fingerprint density at radius 1 is 0.359 bits per heavy atom. The van der Waals surface area contributed by atoms with Crippen molar-refractivity contribution in [2.45, 2.75) is 142 Å². The normalized spacial score (nSPS) is 12.0. The maximum absolute atomic E-state index is 12.7. The Hall–Kier alpha value is -8.26. The molecule has 8 rings (SSSR count). The molecule has 486 valence electrons. The van der Waals surface area contributed by atoms with Gasteiger partial charge >= 0.3 is 27.0 Å². The van der Waals surface area contributed by atoms with Gasteiger partial charge in [0.15, 0.2) is 28.1 Å². The highest BCUT2D eigenvalue weighted by atomic mass is 28.5. The van der Waals surface area contributed by atoms with E-state index in [4.69, 9.17) is 41.4 Å². The van der Waals surface area contributed by atoms with E-state index in [9.17, 15) is 14.4 Å². The molecule has 8 aromatic rings. The number of aryl methyl sites for hydroxylation is 3. The Labute approximate surface area is 548 Å². The van der Waals surface area contributed by atoms with Crippen molar-refractivity contribution in [2.75, 3.05) is 21.3 Å². The van der Waals surface area contributed by atoms with Gasteiger partial charge in [0.2, 0.25) is 0 Å². The third-order valence-electron chi connectivity index (χ3n) is 16.7. The first-order chi connectivity index (χ1) is 43.5. The van der Waals surface area contributed by atoms with Gasteiger partial charge in [0, 0.05) is 16.2 Å². The second-order valence-electron chi connectivity index (χ2n) is 26.3. The molecular weight excluding hydrogens is 1210 g/mol. The molecule has 8 aromatic carbocycles. The van der Waals surface area contributed by atoms with Gasteiger partial charge in [-0.2, -0.15) is 0 Å². The van der Waals surface area contributed by atoms with Crippen LogP contribution in [0.2, 0.25) is 51.4 Å². The average molecular weight is 1300 g/mol. The van der Waals surface area contributed by atoms with Crippen LogP contribution in [0.15, 0.2) is 194 Å². The van der Waals surface area contributed by atoms with Crippen LogP contribution >= 0.6 is 0 Å². The van der Waals surface area contributed by atoms with Crippen molar-refractivity contribution >= 4 is 43.7 Å². The maximum Gasteiger partial charge on any atom is 0.519 e. The largest absolute Gasteiger partial charge is 0.519 e. The summed E-state index contributed by atoms with van der Waals surface area (Å²) in [5, 5.41) is 0. The van der Waals surface area contributed by atoms with Crippen molar-refractivity contribution < 1.29 is 60.5 Å². The van der Waals surface area contributed by atoms with Gasteiger partial charge in [-0.15, -0.1) is 0 Å². The molecule has 0 aliphatic heterocycles. The van der Waals surface area contributed by atoms with Crippen molar-refractivity contribution in [3.8, 4) is 40.2 Å². The summed E-state index contributed by atoms with van der Waals surface area (Å²) in [6.07, 6.45) is 1.56. The van der Waals surface area contributed by atoms with Crippen LogP contribution in [0.25, 0.3) is 0 Å². The average Bonchev–Trinajstić information content (AvgIpc) is 1.12. The molecule has 0 aliphatic carbocycles. The fourth-order valence-corrected chi connectivity index (χ4v) is 25.4. The molecule has 0 spiro atoms. The van der Waals surface area contributed by atoms with Gasteiger partial charge in [0.05, 0.1) is 21.3 Å². The molecule has 0 saturated heterocycles. The second-order valence-corrected chi connectivity index (χ2v) is 38.8. The molecule has 16 heteroatoms. The highest BCUT2D eigenvalue weighted by molar-refractivity contribution is 6.87. The predicted octanol–water partition coefficient (Wildman–Crippen LogP) is 19.7. The molecule has 0 atom stereocenters. The molecule has 0 N–H and O–H groups in total. The number of ether oxygens (including phenoxy) is 8. The van der Waals surface area contributed by atoms with Crippen molar-refractivity contribution in [1.82, 2.24) is 0 Å². The minimum absolute atomic E-state index is 0.186. The molecule has 0 bridgehead atoms. The van der Waals surface area contributed by atoms with E-state index < -0.39 is 43.7 Å². The van der Waals surface area contributed by atoms with Crippen LogP contribution in [0.5, 0.6) is 40.2 Å². The van der Waals surface area contributed by atoms with Gasteiger partial charge < -0.3 is 46.1 Å². The number of carbonyl (C=O) groups is 3. The zero-order chi connectivity index (χ0) is 66.9. The Morgan fingerprint density at radius 2 is 0.674 bits per heavy atom. The maximum atomic E-state index is 12.7. The molecule has 0 amide bonds. The first-order valence-electron chi connectivity index (χ1n) is 31.3. The lowest BCUT2D eigenvalue weighted by Gasteiger charge is -2.39. The van der Waals surface area contributed by atoms with Crippen LogP contribution in [0, 0.1) is 6.92 Å². The molecule has 0 heterocycles.